The minimum atomic E-state index is -0.556. The van der Waals surface area contributed by atoms with Crippen molar-refractivity contribution in [3.8, 4) is 0 Å². The highest BCUT2D eigenvalue weighted by atomic mass is 32.1. The van der Waals surface area contributed by atoms with E-state index in [9.17, 15) is 9.90 Å². The maximum Gasteiger partial charge on any atom is 0.242 e. The zero-order chi connectivity index (χ0) is 13.0. The average Bonchev–Trinajstić information content (AvgIpc) is 2.90. The Morgan fingerprint density at radius 2 is 2.22 bits per heavy atom. The number of aliphatic hydroxyl groups excluding tert-OH is 1. The van der Waals surface area contributed by atoms with Crippen LogP contribution in [0.15, 0.2) is 17.5 Å². The number of aliphatic hydroxyl groups is 1. The fourth-order valence-electron chi connectivity index (χ4n) is 2.30. The molecule has 100 valence electrons. The summed E-state index contributed by atoms with van der Waals surface area (Å²) in [5, 5.41) is 14.2. The van der Waals surface area contributed by atoms with Crippen molar-refractivity contribution in [2.45, 2.75) is 37.8 Å². The van der Waals surface area contributed by atoms with Crippen LogP contribution in [-0.2, 0) is 4.79 Å². The molecule has 1 heterocycles. The third-order valence-electron chi connectivity index (χ3n) is 3.51. The van der Waals surface area contributed by atoms with E-state index >= 15 is 0 Å². The molecule has 18 heavy (non-hydrogen) atoms. The molecule has 1 unspecified atom stereocenters. The van der Waals surface area contributed by atoms with Crippen LogP contribution in [0.4, 0.5) is 0 Å². The Balaban J connectivity index is 1.75. The molecule has 0 aliphatic heterocycles. The maximum absolute atomic E-state index is 11.9. The van der Waals surface area contributed by atoms with Gasteiger partial charge in [0.1, 0.15) is 6.04 Å². The Morgan fingerprint density at radius 3 is 2.83 bits per heavy atom. The summed E-state index contributed by atoms with van der Waals surface area (Å²) in [7, 11) is 0. The van der Waals surface area contributed by atoms with Crippen molar-refractivity contribution in [2.24, 2.45) is 11.7 Å². The number of carbonyl (C=O) groups is 1. The van der Waals surface area contributed by atoms with Crippen LogP contribution in [0.25, 0.3) is 0 Å². The Morgan fingerprint density at radius 1 is 1.50 bits per heavy atom. The summed E-state index contributed by atoms with van der Waals surface area (Å²) >= 11 is 1.50. The molecule has 1 aromatic rings. The summed E-state index contributed by atoms with van der Waals surface area (Å²) in [6, 6.07) is 3.22. The van der Waals surface area contributed by atoms with Crippen molar-refractivity contribution in [3.63, 3.8) is 0 Å². The van der Waals surface area contributed by atoms with Crippen LogP contribution in [-0.4, -0.2) is 23.7 Å². The lowest BCUT2D eigenvalue weighted by Gasteiger charge is -2.25. The maximum atomic E-state index is 11.9. The molecule has 1 atom stereocenters. The van der Waals surface area contributed by atoms with Crippen LogP contribution in [0, 0.1) is 5.92 Å². The monoisotopic (exact) mass is 268 g/mol. The number of hydrogen-bond acceptors (Lipinski definition) is 4. The number of rotatable bonds is 4. The highest BCUT2D eigenvalue weighted by molar-refractivity contribution is 7.10. The first-order valence-corrected chi connectivity index (χ1v) is 7.29. The molecule has 4 N–H and O–H groups in total. The number of hydrogen-bond donors (Lipinski definition) is 3. The van der Waals surface area contributed by atoms with Crippen LogP contribution in [0.5, 0.6) is 0 Å². The summed E-state index contributed by atoms with van der Waals surface area (Å²) in [5.74, 6) is 0.372. The van der Waals surface area contributed by atoms with E-state index in [-0.39, 0.29) is 12.0 Å². The van der Waals surface area contributed by atoms with Crippen molar-refractivity contribution >= 4 is 17.2 Å². The molecule has 1 aliphatic rings. The van der Waals surface area contributed by atoms with Gasteiger partial charge in [0.15, 0.2) is 0 Å². The number of nitrogens with two attached hydrogens (primary N) is 1. The van der Waals surface area contributed by atoms with Crippen molar-refractivity contribution in [3.05, 3.63) is 22.4 Å². The Kier molecular flexibility index (Phi) is 4.74. The van der Waals surface area contributed by atoms with Gasteiger partial charge in [0.25, 0.3) is 0 Å². The SMILES string of the molecule is NC(C(=O)NCC1CCC(O)CC1)c1cccs1. The summed E-state index contributed by atoms with van der Waals surface area (Å²) in [5.41, 5.74) is 5.88. The molecule has 0 spiro atoms. The van der Waals surface area contributed by atoms with Crippen molar-refractivity contribution in [1.82, 2.24) is 5.32 Å². The zero-order valence-corrected chi connectivity index (χ0v) is 11.2. The highest BCUT2D eigenvalue weighted by Crippen LogP contribution is 2.23. The van der Waals surface area contributed by atoms with E-state index in [1.165, 1.54) is 11.3 Å². The van der Waals surface area contributed by atoms with Crippen LogP contribution >= 0.6 is 11.3 Å². The molecule has 1 saturated carbocycles. The zero-order valence-electron chi connectivity index (χ0n) is 10.3. The fourth-order valence-corrected chi connectivity index (χ4v) is 3.03. The first kappa shape index (κ1) is 13.5. The Labute approximate surface area is 111 Å². The van der Waals surface area contributed by atoms with E-state index in [0.29, 0.717) is 12.5 Å². The minimum absolute atomic E-state index is 0.108. The summed E-state index contributed by atoms with van der Waals surface area (Å²) in [6.07, 6.45) is 3.51. The normalized spacial score (nSPS) is 25.7. The van der Waals surface area contributed by atoms with Gasteiger partial charge in [-0.2, -0.15) is 0 Å². The molecule has 1 fully saturated rings. The van der Waals surface area contributed by atoms with Crippen molar-refractivity contribution in [2.75, 3.05) is 6.54 Å². The molecule has 1 aliphatic carbocycles. The second kappa shape index (κ2) is 6.31. The third-order valence-corrected chi connectivity index (χ3v) is 4.47. The molecule has 0 bridgehead atoms. The molecular formula is C13H20N2O2S. The molecule has 0 saturated heterocycles. The molecule has 2 rings (SSSR count). The molecule has 0 radical (unpaired) electrons. The van der Waals surface area contributed by atoms with Gasteiger partial charge in [-0.3, -0.25) is 4.79 Å². The molecular weight excluding hydrogens is 248 g/mol. The van der Waals surface area contributed by atoms with Gasteiger partial charge in [-0.1, -0.05) is 6.07 Å². The molecule has 1 aromatic heterocycles. The van der Waals surface area contributed by atoms with Crippen molar-refractivity contribution in [1.29, 1.82) is 0 Å². The van der Waals surface area contributed by atoms with Crippen molar-refractivity contribution < 1.29 is 9.90 Å². The lowest BCUT2D eigenvalue weighted by Crippen LogP contribution is -2.37. The lowest BCUT2D eigenvalue weighted by molar-refractivity contribution is -0.122. The second-order valence-corrected chi connectivity index (χ2v) is 5.89. The van der Waals surface area contributed by atoms with E-state index in [1.807, 2.05) is 17.5 Å². The average molecular weight is 268 g/mol. The van der Waals surface area contributed by atoms with Gasteiger partial charge >= 0.3 is 0 Å². The number of amides is 1. The number of carbonyl (C=O) groups excluding carboxylic acids is 1. The topological polar surface area (TPSA) is 75.4 Å². The first-order chi connectivity index (χ1) is 8.66. The number of nitrogens with one attached hydrogen (secondary N) is 1. The van der Waals surface area contributed by atoms with E-state index in [0.717, 1.165) is 30.6 Å². The second-order valence-electron chi connectivity index (χ2n) is 4.91. The van der Waals surface area contributed by atoms with E-state index in [2.05, 4.69) is 5.32 Å². The van der Waals surface area contributed by atoms with Gasteiger partial charge in [0, 0.05) is 11.4 Å². The molecule has 5 heteroatoms. The Hall–Kier alpha value is -0.910. The smallest absolute Gasteiger partial charge is 0.242 e. The molecule has 0 aromatic carbocycles. The van der Waals surface area contributed by atoms with Gasteiger partial charge < -0.3 is 16.2 Å². The first-order valence-electron chi connectivity index (χ1n) is 6.41. The van der Waals surface area contributed by atoms with Gasteiger partial charge in [-0.05, 0) is 43.0 Å². The van der Waals surface area contributed by atoms with Gasteiger partial charge in [-0.15, -0.1) is 11.3 Å². The summed E-state index contributed by atoms with van der Waals surface area (Å²) in [6.45, 7) is 0.671. The lowest BCUT2D eigenvalue weighted by atomic mass is 9.87. The van der Waals surface area contributed by atoms with Crippen LogP contribution in [0.2, 0.25) is 0 Å². The Bertz CT molecular complexity index is 372. The predicted molar refractivity (Wildman–Crippen MR) is 72.2 cm³/mol. The molecule has 1 amide bonds. The standard InChI is InChI=1S/C13H20N2O2S/c14-12(11-2-1-7-18-11)13(17)15-8-9-3-5-10(16)6-4-9/h1-2,7,9-10,12,16H,3-6,8,14H2,(H,15,17). The van der Waals surface area contributed by atoms with E-state index in [4.69, 9.17) is 5.73 Å². The predicted octanol–water partition coefficient (Wildman–Crippen LogP) is 1.42. The fraction of sp³-hybridized carbons (Fsp3) is 0.615. The van der Waals surface area contributed by atoms with Crippen LogP contribution < -0.4 is 11.1 Å². The van der Waals surface area contributed by atoms with Gasteiger partial charge in [-0.25, -0.2) is 0 Å². The summed E-state index contributed by atoms with van der Waals surface area (Å²) < 4.78 is 0. The van der Waals surface area contributed by atoms with E-state index in [1.54, 1.807) is 0 Å². The van der Waals surface area contributed by atoms with E-state index < -0.39 is 6.04 Å². The molecule has 4 nitrogen and oxygen atoms in total. The largest absolute Gasteiger partial charge is 0.393 e. The minimum Gasteiger partial charge on any atom is -0.393 e. The summed E-state index contributed by atoms with van der Waals surface area (Å²) in [4.78, 5) is 12.8. The number of thiophene rings is 1. The van der Waals surface area contributed by atoms with Crippen LogP contribution in [0.1, 0.15) is 36.6 Å². The van der Waals surface area contributed by atoms with Crippen LogP contribution in [0.3, 0.4) is 0 Å². The third kappa shape index (κ3) is 3.54. The highest BCUT2D eigenvalue weighted by Gasteiger charge is 2.21. The quantitative estimate of drug-likeness (QED) is 0.773. The van der Waals surface area contributed by atoms with Gasteiger partial charge in [0.2, 0.25) is 5.91 Å². The van der Waals surface area contributed by atoms with Gasteiger partial charge in [0.05, 0.1) is 6.10 Å².